The van der Waals surface area contributed by atoms with E-state index in [4.69, 9.17) is 0 Å². The van der Waals surface area contributed by atoms with Crippen molar-refractivity contribution in [2.24, 2.45) is 5.92 Å². The maximum absolute atomic E-state index is 13.0. The van der Waals surface area contributed by atoms with E-state index in [1.54, 1.807) is 4.90 Å². The number of amides is 3. The van der Waals surface area contributed by atoms with E-state index in [1.807, 2.05) is 30.3 Å². The van der Waals surface area contributed by atoms with Gasteiger partial charge in [0.05, 0.1) is 11.7 Å². The number of piperidine rings is 1. The first-order valence-electron chi connectivity index (χ1n) is 11.3. The Morgan fingerprint density at radius 1 is 1.00 bits per heavy atom. The van der Waals surface area contributed by atoms with Crippen LogP contribution in [0.3, 0.4) is 0 Å². The molecule has 6 nitrogen and oxygen atoms in total. The van der Waals surface area contributed by atoms with Crippen LogP contribution in [-0.4, -0.2) is 41.0 Å². The van der Waals surface area contributed by atoms with Gasteiger partial charge in [-0.05, 0) is 55.4 Å². The lowest BCUT2D eigenvalue weighted by Crippen LogP contribution is -2.49. The van der Waals surface area contributed by atoms with Gasteiger partial charge < -0.3 is 15.5 Å². The monoisotopic (exact) mass is 449 g/mol. The van der Waals surface area contributed by atoms with Crippen molar-refractivity contribution in [1.29, 1.82) is 0 Å². The van der Waals surface area contributed by atoms with Crippen molar-refractivity contribution >= 4 is 35.2 Å². The Hall–Kier alpha value is -2.80. The van der Waals surface area contributed by atoms with Crippen LogP contribution in [0, 0.1) is 5.92 Å². The van der Waals surface area contributed by atoms with Gasteiger partial charge in [-0.15, -0.1) is 11.8 Å². The van der Waals surface area contributed by atoms with Gasteiger partial charge in [-0.25, -0.2) is 0 Å². The summed E-state index contributed by atoms with van der Waals surface area (Å²) in [5.74, 6) is -0.448. The van der Waals surface area contributed by atoms with E-state index in [1.165, 1.54) is 22.9 Å². The van der Waals surface area contributed by atoms with Crippen LogP contribution in [0.5, 0.6) is 0 Å². The summed E-state index contributed by atoms with van der Waals surface area (Å²) in [6, 6.07) is 16.0. The van der Waals surface area contributed by atoms with E-state index in [0.717, 1.165) is 29.8 Å². The number of aryl methyl sites for hydroxylation is 1. The van der Waals surface area contributed by atoms with E-state index < -0.39 is 5.25 Å². The van der Waals surface area contributed by atoms with Crippen molar-refractivity contribution in [1.82, 2.24) is 10.2 Å². The van der Waals surface area contributed by atoms with E-state index in [2.05, 4.69) is 28.8 Å². The van der Waals surface area contributed by atoms with E-state index in [0.29, 0.717) is 25.9 Å². The Balaban J connectivity index is 1.17. The van der Waals surface area contributed by atoms with Crippen LogP contribution in [0.25, 0.3) is 0 Å². The second kappa shape index (κ2) is 8.98. The number of nitrogens with zero attached hydrogens (tertiary/aromatic N) is 1. The van der Waals surface area contributed by atoms with Crippen molar-refractivity contribution in [3.8, 4) is 0 Å². The summed E-state index contributed by atoms with van der Waals surface area (Å²) < 4.78 is 0. The molecular weight excluding hydrogens is 422 g/mol. The highest BCUT2D eigenvalue weighted by Crippen LogP contribution is 2.36. The number of fused-ring (bicyclic) bond motifs is 2. The third kappa shape index (κ3) is 4.13. The molecule has 0 radical (unpaired) electrons. The molecule has 3 amide bonds. The lowest BCUT2D eigenvalue weighted by molar-refractivity contribution is -0.137. The van der Waals surface area contributed by atoms with Crippen molar-refractivity contribution in [2.75, 3.05) is 18.4 Å². The van der Waals surface area contributed by atoms with Gasteiger partial charge in [0.2, 0.25) is 17.7 Å². The smallest absolute Gasteiger partial charge is 0.247 e. The Morgan fingerprint density at radius 2 is 1.75 bits per heavy atom. The lowest BCUT2D eigenvalue weighted by Gasteiger charge is -2.35. The molecule has 0 spiro atoms. The van der Waals surface area contributed by atoms with Crippen molar-refractivity contribution in [2.45, 2.75) is 48.3 Å². The summed E-state index contributed by atoms with van der Waals surface area (Å²) in [5.41, 5.74) is 3.32. The number of carbonyl (C=O) groups is 3. The van der Waals surface area contributed by atoms with Gasteiger partial charge in [-0.3, -0.25) is 14.4 Å². The van der Waals surface area contributed by atoms with Crippen molar-refractivity contribution in [3.63, 3.8) is 0 Å². The SMILES string of the molecule is O=C(N[C@@H]1CCCc2ccccc21)C1CCN(C(=O)[C@@H]2Sc3ccccc3NC2=O)CC1. The number of likely N-dealkylation sites (tertiary alicyclic amines) is 1. The van der Waals surface area contributed by atoms with Crippen LogP contribution in [0.1, 0.15) is 42.9 Å². The zero-order chi connectivity index (χ0) is 22.1. The molecule has 1 fully saturated rings. The molecule has 2 N–H and O–H groups in total. The number of hydrogen-bond acceptors (Lipinski definition) is 4. The zero-order valence-corrected chi connectivity index (χ0v) is 18.7. The molecule has 2 aromatic rings. The summed E-state index contributed by atoms with van der Waals surface area (Å²) in [7, 11) is 0. The number of rotatable bonds is 3. The fourth-order valence-corrected chi connectivity index (χ4v) is 6.01. The second-order valence-electron chi connectivity index (χ2n) is 8.74. The Morgan fingerprint density at radius 3 is 2.59 bits per heavy atom. The molecule has 1 saturated heterocycles. The molecule has 5 rings (SSSR count). The maximum atomic E-state index is 13.0. The van der Waals surface area contributed by atoms with Gasteiger partial charge in [-0.2, -0.15) is 0 Å². The number of benzene rings is 2. The fourth-order valence-electron chi connectivity index (χ4n) is 4.94. The normalized spacial score (nSPS) is 23.0. The maximum Gasteiger partial charge on any atom is 0.247 e. The first-order chi connectivity index (χ1) is 15.6. The molecular formula is C25H27N3O3S. The standard InChI is InChI=1S/C25H27N3O3S/c29-23(26-19-10-5-7-16-6-1-2-8-18(16)19)17-12-14-28(15-13-17)25(31)22-24(30)27-20-9-3-4-11-21(20)32-22/h1-4,6,8-9,11,17,19,22H,5,7,10,12-15H2,(H,26,29)(H,27,30)/t19-,22-/m1/s1. The highest BCUT2D eigenvalue weighted by molar-refractivity contribution is 8.01. The topological polar surface area (TPSA) is 78.5 Å². The predicted molar refractivity (Wildman–Crippen MR) is 124 cm³/mol. The number of para-hydroxylation sites is 1. The molecule has 3 aliphatic rings. The molecule has 32 heavy (non-hydrogen) atoms. The first kappa shape index (κ1) is 21.1. The summed E-state index contributed by atoms with van der Waals surface area (Å²) >= 11 is 1.31. The Kier molecular flexibility index (Phi) is 5.91. The zero-order valence-electron chi connectivity index (χ0n) is 17.9. The summed E-state index contributed by atoms with van der Waals surface area (Å²) in [6.07, 6.45) is 4.37. The van der Waals surface area contributed by atoms with E-state index in [9.17, 15) is 14.4 Å². The Bertz CT molecular complexity index is 1050. The fraction of sp³-hybridized carbons (Fsp3) is 0.400. The third-order valence-electron chi connectivity index (χ3n) is 6.72. The van der Waals surface area contributed by atoms with Crippen LogP contribution in [0.2, 0.25) is 0 Å². The van der Waals surface area contributed by atoms with Gasteiger partial charge in [-0.1, -0.05) is 36.4 Å². The van der Waals surface area contributed by atoms with Gasteiger partial charge in [0.25, 0.3) is 0 Å². The number of carbonyl (C=O) groups excluding carboxylic acids is 3. The summed E-state index contributed by atoms with van der Waals surface area (Å²) in [6.45, 7) is 1.01. The quantitative estimate of drug-likeness (QED) is 0.703. The number of thioether (sulfide) groups is 1. The lowest BCUT2D eigenvalue weighted by atomic mass is 9.87. The molecule has 2 heterocycles. The average molecular weight is 450 g/mol. The number of anilines is 1. The molecule has 0 unspecified atom stereocenters. The minimum absolute atomic E-state index is 0.0783. The molecule has 1 aliphatic carbocycles. The minimum Gasteiger partial charge on any atom is -0.349 e. The molecule has 0 aromatic heterocycles. The van der Waals surface area contributed by atoms with Gasteiger partial charge in [0.15, 0.2) is 5.25 Å². The summed E-state index contributed by atoms with van der Waals surface area (Å²) in [5, 5.41) is 5.33. The molecule has 0 bridgehead atoms. The van der Waals surface area contributed by atoms with Gasteiger partial charge >= 0.3 is 0 Å². The summed E-state index contributed by atoms with van der Waals surface area (Å²) in [4.78, 5) is 41.2. The number of nitrogens with one attached hydrogen (secondary N) is 2. The van der Waals surface area contributed by atoms with E-state index in [-0.39, 0.29) is 29.7 Å². The molecule has 2 atom stereocenters. The number of hydrogen-bond donors (Lipinski definition) is 2. The average Bonchev–Trinajstić information content (AvgIpc) is 2.83. The largest absolute Gasteiger partial charge is 0.349 e. The molecule has 7 heteroatoms. The minimum atomic E-state index is -0.769. The molecule has 2 aromatic carbocycles. The van der Waals surface area contributed by atoms with Crippen LogP contribution < -0.4 is 10.6 Å². The molecule has 166 valence electrons. The highest BCUT2D eigenvalue weighted by atomic mass is 32.2. The predicted octanol–water partition coefficient (Wildman–Crippen LogP) is 3.53. The van der Waals surface area contributed by atoms with Crippen molar-refractivity contribution in [3.05, 3.63) is 59.7 Å². The first-order valence-corrected chi connectivity index (χ1v) is 12.2. The highest BCUT2D eigenvalue weighted by Gasteiger charge is 2.38. The van der Waals surface area contributed by atoms with Gasteiger partial charge in [0.1, 0.15) is 0 Å². The van der Waals surface area contributed by atoms with Crippen molar-refractivity contribution < 1.29 is 14.4 Å². The Labute approximate surface area is 192 Å². The van der Waals surface area contributed by atoms with Crippen LogP contribution in [-0.2, 0) is 20.8 Å². The molecule has 0 saturated carbocycles. The van der Waals surface area contributed by atoms with E-state index >= 15 is 0 Å². The van der Waals surface area contributed by atoms with Crippen LogP contribution in [0.4, 0.5) is 5.69 Å². The molecule has 2 aliphatic heterocycles. The van der Waals surface area contributed by atoms with Crippen LogP contribution >= 0.6 is 11.8 Å². The van der Waals surface area contributed by atoms with Crippen LogP contribution in [0.15, 0.2) is 53.4 Å². The second-order valence-corrected chi connectivity index (χ2v) is 9.88. The third-order valence-corrected chi connectivity index (χ3v) is 7.98. The van der Waals surface area contributed by atoms with Gasteiger partial charge in [0, 0.05) is 23.9 Å².